The smallest absolute Gasteiger partial charge is 0.0896 e. The van der Waals surface area contributed by atoms with Crippen molar-refractivity contribution in [1.29, 1.82) is 0 Å². The molecule has 1 aliphatic carbocycles. The van der Waals surface area contributed by atoms with E-state index in [1.54, 1.807) is 0 Å². The van der Waals surface area contributed by atoms with Gasteiger partial charge in [0.1, 0.15) is 0 Å². The molecule has 0 aliphatic heterocycles. The highest BCUT2D eigenvalue weighted by Crippen LogP contribution is 2.41. The maximum absolute atomic E-state index is 11.0. The average Bonchev–Trinajstić information content (AvgIpc) is 2.41. The molecule has 0 bridgehead atoms. The predicted octanol–water partition coefficient (Wildman–Crippen LogP) is 4.73. The Morgan fingerprint density at radius 1 is 1.11 bits per heavy atom. The zero-order chi connectivity index (χ0) is 14.0. The molecule has 0 saturated heterocycles. The number of hydrogen-bond acceptors (Lipinski definition) is 1. The summed E-state index contributed by atoms with van der Waals surface area (Å²) in [5, 5.41) is 11.0. The molecule has 0 heterocycles. The van der Waals surface area contributed by atoms with Crippen molar-refractivity contribution >= 4 is 0 Å². The summed E-state index contributed by atoms with van der Waals surface area (Å²) in [5.41, 5.74) is 3.00. The van der Waals surface area contributed by atoms with Gasteiger partial charge in [0.15, 0.2) is 0 Å². The van der Waals surface area contributed by atoms with Gasteiger partial charge in [0.05, 0.1) is 5.60 Å². The summed E-state index contributed by atoms with van der Waals surface area (Å²) >= 11 is 0. The SMILES string of the molecule is CCC1CCC(C(C)(O)c2ccc(C)c(C)c2)CC1. The van der Waals surface area contributed by atoms with E-state index in [0.717, 1.165) is 11.5 Å². The van der Waals surface area contributed by atoms with Gasteiger partial charge in [0.2, 0.25) is 0 Å². The fourth-order valence-corrected chi connectivity index (χ4v) is 3.42. The highest BCUT2D eigenvalue weighted by Gasteiger charge is 2.36. The molecule has 1 N–H and O–H groups in total. The van der Waals surface area contributed by atoms with E-state index in [1.165, 1.54) is 43.2 Å². The van der Waals surface area contributed by atoms with Gasteiger partial charge in [0.25, 0.3) is 0 Å². The molecule has 106 valence electrons. The Bertz CT molecular complexity index is 425. The molecule has 1 heteroatoms. The standard InChI is InChI=1S/C18H28O/c1-5-15-7-10-16(11-8-15)18(4,19)17-9-6-13(2)14(3)12-17/h6,9,12,15-16,19H,5,7-8,10-11H2,1-4H3. The van der Waals surface area contributed by atoms with Gasteiger partial charge in [-0.15, -0.1) is 0 Å². The number of rotatable bonds is 3. The number of benzene rings is 1. The Morgan fingerprint density at radius 2 is 1.74 bits per heavy atom. The molecule has 1 aliphatic rings. The maximum Gasteiger partial charge on any atom is 0.0896 e. The van der Waals surface area contributed by atoms with Gasteiger partial charge < -0.3 is 5.11 Å². The fourth-order valence-electron chi connectivity index (χ4n) is 3.42. The van der Waals surface area contributed by atoms with Crippen LogP contribution < -0.4 is 0 Å². The van der Waals surface area contributed by atoms with Gasteiger partial charge in [-0.3, -0.25) is 0 Å². The van der Waals surface area contributed by atoms with Crippen LogP contribution in [0.1, 0.15) is 62.6 Å². The largest absolute Gasteiger partial charge is 0.385 e. The van der Waals surface area contributed by atoms with Crippen LogP contribution in [-0.4, -0.2) is 5.11 Å². The quantitative estimate of drug-likeness (QED) is 0.833. The molecule has 0 aromatic heterocycles. The Labute approximate surface area is 118 Å². The minimum atomic E-state index is -0.669. The Morgan fingerprint density at radius 3 is 2.26 bits per heavy atom. The maximum atomic E-state index is 11.0. The first-order valence-electron chi connectivity index (χ1n) is 7.75. The third-order valence-corrected chi connectivity index (χ3v) is 5.31. The highest BCUT2D eigenvalue weighted by atomic mass is 16.3. The van der Waals surface area contributed by atoms with Crippen molar-refractivity contribution < 1.29 is 5.11 Å². The predicted molar refractivity (Wildman–Crippen MR) is 81.2 cm³/mol. The summed E-state index contributed by atoms with van der Waals surface area (Å²) in [6.07, 6.45) is 6.18. The first-order valence-corrected chi connectivity index (χ1v) is 7.75. The van der Waals surface area contributed by atoms with Crippen LogP contribution in [0.3, 0.4) is 0 Å². The van der Waals surface area contributed by atoms with Gasteiger partial charge in [-0.1, -0.05) is 44.4 Å². The van der Waals surface area contributed by atoms with E-state index in [-0.39, 0.29) is 0 Å². The van der Waals surface area contributed by atoms with E-state index >= 15 is 0 Å². The van der Waals surface area contributed by atoms with Crippen molar-refractivity contribution in [3.63, 3.8) is 0 Å². The lowest BCUT2D eigenvalue weighted by Crippen LogP contribution is -2.34. The zero-order valence-corrected chi connectivity index (χ0v) is 12.9. The van der Waals surface area contributed by atoms with Gasteiger partial charge in [-0.2, -0.15) is 0 Å². The van der Waals surface area contributed by atoms with Crippen LogP contribution in [0.4, 0.5) is 0 Å². The Hall–Kier alpha value is -0.820. The lowest BCUT2D eigenvalue weighted by atomic mass is 9.71. The van der Waals surface area contributed by atoms with Crippen LogP contribution >= 0.6 is 0 Å². The molecule has 1 atom stereocenters. The highest BCUT2D eigenvalue weighted by molar-refractivity contribution is 5.33. The van der Waals surface area contributed by atoms with E-state index in [1.807, 2.05) is 6.92 Å². The molecule has 1 aromatic rings. The summed E-state index contributed by atoms with van der Waals surface area (Å²) in [6.45, 7) is 8.55. The number of aryl methyl sites for hydroxylation is 2. The molecule has 0 spiro atoms. The molecule has 1 nitrogen and oxygen atoms in total. The van der Waals surface area contributed by atoms with Crippen molar-refractivity contribution in [3.05, 3.63) is 34.9 Å². The minimum Gasteiger partial charge on any atom is -0.385 e. The van der Waals surface area contributed by atoms with E-state index < -0.39 is 5.60 Å². The third kappa shape index (κ3) is 3.02. The van der Waals surface area contributed by atoms with E-state index in [0.29, 0.717) is 5.92 Å². The van der Waals surface area contributed by atoms with Crippen LogP contribution in [0.15, 0.2) is 18.2 Å². The second-order valence-corrected chi connectivity index (χ2v) is 6.57. The molecule has 19 heavy (non-hydrogen) atoms. The summed E-state index contributed by atoms with van der Waals surface area (Å²) in [6, 6.07) is 6.41. The first-order chi connectivity index (χ1) is 8.95. The van der Waals surface area contributed by atoms with Crippen LogP contribution in [0.2, 0.25) is 0 Å². The molecule has 1 fully saturated rings. The van der Waals surface area contributed by atoms with Gasteiger partial charge in [-0.25, -0.2) is 0 Å². The molecule has 0 radical (unpaired) electrons. The molecule has 1 aromatic carbocycles. The van der Waals surface area contributed by atoms with Crippen molar-refractivity contribution in [2.75, 3.05) is 0 Å². The summed E-state index contributed by atoms with van der Waals surface area (Å²) < 4.78 is 0. The molecule has 1 saturated carbocycles. The van der Waals surface area contributed by atoms with Crippen LogP contribution in [0, 0.1) is 25.7 Å². The van der Waals surface area contributed by atoms with Crippen molar-refractivity contribution in [3.8, 4) is 0 Å². The van der Waals surface area contributed by atoms with Gasteiger partial charge in [0, 0.05) is 0 Å². The summed E-state index contributed by atoms with van der Waals surface area (Å²) in [7, 11) is 0. The topological polar surface area (TPSA) is 20.2 Å². The Balaban J connectivity index is 2.15. The van der Waals surface area contributed by atoms with Gasteiger partial charge in [-0.05, 0) is 62.1 Å². The second kappa shape index (κ2) is 5.66. The number of hydrogen-bond donors (Lipinski definition) is 1. The molecular weight excluding hydrogens is 232 g/mol. The first kappa shape index (κ1) is 14.6. The van der Waals surface area contributed by atoms with Gasteiger partial charge >= 0.3 is 0 Å². The normalized spacial score (nSPS) is 27.0. The van der Waals surface area contributed by atoms with Crippen molar-refractivity contribution in [2.24, 2.45) is 11.8 Å². The Kier molecular flexibility index (Phi) is 4.35. The van der Waals surface area contributed by atoms with E-state index in [2.05, 4.69) is 39.0 Å². The second-order valence-electron chi connectivity index (χ2n) is 6.57. The summed E-state index contributed by atoms with van der Waals surface area (Å²) in [5.74, 6) is 1.30. The molecular formula is C18H28O. The molecule has 2 rings (SSSR count). The van der Waals surface area contributed by atoms with Crippen molar-refractivity contribution in [1.82, 2.24) is 0 Å². The average molecular weight is 260 g/mol. The van der Waals surface area contributed by atoms with Crippen LogP contribution in [0.5, 0.6) is 0 Å². The monoisotopic (exact) mass is 260 g/mol. The van der Waals surface area contributed by atoms with E-state index in [9.17, 15) is 5.11 Å². The minimum absolute atomic E-state index is 0.414. The van der Waals surface area contributed by atoms with E-state index in [4.69, 9.17) is 0 Å². The van der Waals surface area contributed by atoms with Crippen molar-refractivity contribution in [2.45, 2.75) is 65.4 Å². The molecule has 1 unspecified atom stereocenters. The lowest BCUT2D eigenvalue weighted by molar-refractivity contribution is -0.0276. The fraction of sp³-hybridized carbons (Fsp3) is 0.667. The lowest BCUT2D eigenvalue weighted by Gasteiger charge is -2.38. The number of aliphatic hydroxyl groups is 1. The van der Waals surface area contributed by atoms with Crippen LogP contribution in [0.25, 0.3) is 0 Å². The third-order valence-electron chi connectivity index (χ3n) is 5.31. The van der Waals surface area contributed by atoms with Crippen LogP contribution in [-0.2, 0) is 5.60 Å². The zero-order valence-electron chi connectivity index (χ0n) is 12.9. The molecule has 0 amide bonds. The summed E-state index contributed by atoms with van der Waals surface area (Å²) in [4.78, 5) is 0.